The molecule has 0 aromatic carbocycles. The summed E-state index contributed by atoms with van der Waals surface area (Å²) in [5.74, 6) is 3.23. The van der Waals surface area contributed by atoms with E-state index in [9.17, 15) is 0 Å². The highest BCUT2D eigenvalue weighted by Gasteiger charge is 2.17. The lowest BCUT2D eigenvalue weighted by Crippen LogP contribution is -2.11. The van der Waals surface area contributed by atoms with Gasteiger partial charge in [0.05, 0.1) is 5.69 Å². The molecule has 0 fully saturated rings. The van der Waals surface area contributed by atoms with Gasteiger partial charge in [0.25, 0.3) is 0 Å². The molecule has 0 aliphatic carbocycles. The maximum Gasteiger partial charge on any atom is 0.218 e. The predicted molar refractivity (Wildman–Crippen MR) is 94.9 cm³/mol. The topological polar surface area (TPSA) is 26.0 Å². The number of aromatic nitrogens is 1. The average molecular weight is 310 g/mol. The van der Waals surface area contributed by atoms with E-state index in [1.54, 1.807) is 6.26 Å². The van der Waals surface area contributed by atoms with Gasteiger partial charge in [0.1, 0.15) is 6.26 Å². The molecule has 1 aromatic heterocycles. The molecule has 1 heterocycles. The van der Waals surface area contributed by atoms with Crippen LogP contribution in [0.2, 0.25) is 0 Å². The van der Waals surface area contributed by atoms with Gasteiger partial charge in [0.15, 0.2) is 0 Å². The maximum atomic E-state index is 5.47. The quantitative estimate of drug-likeness (QED) is 0.583. The molecule has 2 nitrogen and oxygen atoms in total. The van der Waals surface area contributed by atoms with Gasteiger partial charge in [-0.15, -0.1) is 0 Å². The monoisotopic (exact) mass is 309 g/mol. The summed E-state index contributed by atoms with van der Waals surface area (Å²) in [7, 11) is 0. The summed E-state index contributed by atoms with van der Waals surface area (Å²) in [5, 5.41) is 0. The molecule has 0 atom stereocenters. The lowest BCUT2D eigenvalue weighted by molar-refractivity contribution is 0.480. The van der Waals surface area contributed by atoms with Crippen LogP contribution in [0.15, 0.2) is 16.8 Å². The Morgan fingerprint density at radius 2 is 1.86 bits per heavy atom. The molecular weight excluding hydrogens is 278 g/mol. The SMILES string of the molecule is CC(C)(C)CSCCCC/C=C/c1nc(C(C)(C)C)co1. The van der Waals surface area contributed by atoms with E-state index in [1.807, 2.05) is 6.08 Å². The highest BCUT2D eigenvalue weighted by molar-refractivity contribution is 7.99. The molecule has 0 aliphatic heterocycles. The maximum absolute atomic E-state index is 5.47. The van der Waals surface area contributed by atoms with Crippen LogP contribution in [-0.4, -0.2) is 16.5 Å². The van der Waals surface area contributed by atoms with Gasteiger partial charge in [-0.2, -0.15) is 11.8 Å². The summed E-state index contributed by atoms with van der Waals surface area (Å²) >= 11 is 2.07. The second kappa shape index (κ2) is 8.07. The number of rotatable bonds is 7. The molecule has 0 amide bonds. The van der Waals surface area contributed by atoms with Gasteiger partial charge >= 0.3 is 0 Å². The average Bonchev–Trinajstić information content (AvgIpc) is 2.79. The highest BCUT2D eigenvalue weighted by atomic mass is 32.2. The molecule has 1 aromatic rings. The summed E-state index contributed by atoms with van der Waals surface area (Å²) in [4.78, 5) is 4.50. The van der Waals surface area contributed by atoms with Gasteiger partial charge in [-0.25, -0.2) is 4.98 Å². The Kier molecular flexibility index (Phi) is 7.05. The van der Waals surface area contributed by atoms with Crippen LogP contribution >= 0.6 is 11.8 Å². The van der Waals surface area contributed by atoms with Gasteiger partial charge in [0, 0.05) is 5.41 Å². The normalized spacial score (nSPS) is 13.2. The molecule has 0 bridgehead atoms. The first-order valence-corrected chi connectivity index (χ1v) is 9.04. The van der Waals surface area contributed by atoms with Crippen LogP contribution in [0.3, 0.4) is 0 Å². The van der Waals surface area contributed by atoms with Crippen LogP contribution in [0.4, 0.5) is 0 Å². The highest BCUT2D eigenvalue weighted by Crippen LogP contribution is 2.22. The van der Waals surface area contributed by atoms with E-state index in [1.165, 1.54) is 24.3 Å². The fraction of sp³-hybridized carbons (Fsp3) is 0.722. The first-order chi connectivity index (χ1) is 9.68. The lowest BCUT2D eigenvalue weighted by Gasteiger charge is -2.16. The Labute approximate surface area is 134 Å². The van der Waals surface area contributed by atoms with E-state index < -0.39 is 0 Å². The number of hydrogen-bond acceptors (Lipinski definition) is 3. The summed E-state index contributed by atoms with van der Waals surface area (Å²) in [5.41, 5.74) is 1.51. The molecule has 0 aliphatic rings. The molecule has 21 heavy (non-hydrogen) atoms. The molecule has 0 unspecified atom stereocenters. The summed E-state index contributed by atoms with van der Waals surface area (Å²) in [6.45, 7) is 13.3. The van der Waals surface area contributed by atoms with Crippen molar-refractivity contribution in [3.05, 3.63) is 23.9 Å². The predicted octanol–water partition coefficient (Wildman–Crippen LogP) is 5.93. The number of hydrogen-bond donors (Lipinski definition) is 0. The number of oxazole rings is 1. The Morgan fingerprint density at radius 3 is 2.43 bits per heavy atom. The number of thioether (sulfide) groups is 1. The van der Waals surface area contributed by atoms with Crippen LogP contribution in [0.1, 0.15) is 72.4 Å². The summed E-state index contributed by atoms with van der Waals surface area (Å²) in [6.07, 6.45) is 9.56. The van der Waals surface area contributed by atoms with Crippen molar-refractivity contribution in [2.45, 2.75) is 66.2 Å². The molecule has 0 saturated heterocycles. The van der Waals surface area contributed by atoms with Gasteiger partial charge in [-0.3, -0.25) is 0 Å². The lowest BCUT2D eigenvalue weighted by atomic mass is 9.93. The second-order valence-corrected chi connectivity index (χ2v) is 8.94. The van der Waals surface area contributed by atoms with Crippen LogP contribution in [0, 0.1) is 5.41 Å². The first kappa shape index (κ1) is 18.3. The first-order valence-electron chi connectivity index (χ1n) is 7.89. The molecule has 0 saturated carbocycles. The van der Waals surface area contributed by atoms with Crippen molar-refractivity contribution in [1.82, 2.24) is 4.98 Å². The van der Waals surface area contributed by atoms with Crippen molar-refractivity contribution in [2.24, 2.45) is 5.41 Å². The van der Waals surface area contributed by atoms with E-state index in [0.29, 0.717) is 5.41 Å². The third-order valence-electron chi connectivity index (χ3n) is 3.00. The zero-order chi connectivity index (χ0) is 15.9. The minimum absolute atomic E-state index is 0.0554. The Morgan fingerprint density at radius 1 is 1.14 bits per heavy atom. The van der Waals surface area contributed by atoms with Crippen LogP contribution in [0.25, 0.3) is 6.08 Å². The van der Waals surface area contributed by atoms with Crippen molar-refractivity contribution in [1.29, 1.82) is 0 Å². The molecule has 3 heteroatoms. The molecule has 120 valence electrons. The Bertz CT molecular complexity index is 435. The molecular formula is C18H31NOS. The van der Waals surface area contributed by atoms with Crippen molar-refractivity contribution in [2.75, 3.05) is 11.5 Å². The fourth-order valence-electron chi connectivity index (χ4n) is 1.74. The van der Waals surface area contributed by atoms with E-state index in [-0.39, 0.29) is 5.41 Å². The van der Waals surface area contributed by atoms with Gasteiger partial charge in [0.2, 0.25) is 5.89 Å². The minimum atomic E-state index is 0.0554. The number of nitrogens with zero attached hydrogens (tertiary/aromatic N) is 1. The minimum Gasteiger partial charge on any atom is -0.445 e. The summed E-state index contributed by atoms with van der Waals surface area (Å²) in [6, 6.07) is 0. The van der Waals surface area contributed by atoms with E-state index in [2.05, 4.69) is 64.4 Å². The van der Waals surface area contributed by atoms with E-state index >= 15 is 0 Å². The molecule has 0 radical (unpaired) electrons. The van der Waals surface area contributed by atoms with Crippen molar-refractivity contribution >= 4 is 17.8 Å². The van der Waals surface area contributed by atoms with Crippen LogP contribution in [0.5, 0.6) is 0 Å². The second-order valence-electron chi connectivity index (χ2n) is 7.83. The van der Waals surface area contributed by atoms with Crippen LogP contribution in [-0.2, 0) is 5.41 Å². The van der Waals surface area contributed by atoms with Crippen molar-refractivity contribution in [3.8, 4) is 0 Å². The molecule has 0 N–H and O–H groups in total. The smallest absolute Gasteiger partial charge is 0.218 e. The van der Waals surface area contributed by atoms with Crippen LogP contribution < -0.4 is 0 Å². The molecule has 0 spiro atoms. The summed E-state index contributed by atoms with van der Waals surface area (Å²) < 4.78 is 5.47. The standard InChI is InChI=1S/C18H31NOS/c1-17(2,3)14-21-12-10-8-7-9-11-16-19-15(13-20-16)18(4,5)6/h9,11,13H,7-8,10,12,14H2,1-6H3/b11-9+. The molecule has 1 rings (SSSR count). The van der Waals surface area contributed by atoms with E-state index in [0.717, 1.165) is 18.0 Å². The Hall–Kier alpha value is -0.700. The fourth-order valence-corrected chi connectivity index (χ4v) is 2.90. The Balaban J connectivity index is 2.17. The number of allylic oxidation sites excluding steroid dienone is 1. The zero-order valence-corrected chi connectivity index (χ0v) is 15.3. The van der Waals surface area contributed by atoms with Crippen molar-refractivity contribution < 1.29 is 4.42 Å². The zero-order valence-electron chi connectivity index (χ0n) is 14.5. The van der Waals surface area contributed by atoms with Gasteiger partial charge < -0.3 is 4.42 Å². The van der Waals surface area contributed by atoms with E-state index in [4.69, 9.17) is 4.42 Å². The third-order valence-corrected chi connectivity index (χ3v) is 4.64. The van der Waals surface area contributed by atoms with Gasteiger partial charge in [-0.1, -0.05) is 47.6 Å². The largest absolute Gasteiger partial charge is 0.445 e. The van der Waals surface area contributed by atoms with Crippen molar-refractivity contribution in [3.63, 3.8) is 0 Å². The van der Waals surface area contributed by atoms with Gasteiger partial charge in [-0.05, 0) is 42.3 Å². The number of unbranched alkanes of at least 4 members (excludes halogenated alkanes) is 2. The third kappa shape index (κ3) is 8.35.